The zero-order valence-corrected chi connectivity index (χ0v) is 14.2. The predicted molar refractivity (Wildman–Crippen MR) is 98.7 cm³/mol. The first-order valence-corrected chi connectivity index (χ1v) is 8.22. The van der Waals surface area contributed by atoms with E-state index in [9.17, 15) is 4.79 Å². The van der Waals surface area contributed by atoms with Gasteiger partial charge in [-0.25, -0.2) is 4.99 Å². The van der Waals surface area contributed by atoms with E-state index in [-0.39, 0.29) is 18.4 Å². The molecule has 6 heteroatoms. The Morgan fingerprint density at radius 3 is 2.72 bits per heavy atom. The first-order valence-electron chi connectivity index (χ1n) is 8.22. The highest BCUT2D eigenvalue weighted by molar-refractivity contribution is 5.95. The van der Waals surface area contributed by atoms with Gasteiger partial charge in [0.05, 0.1) is 12.8 Å². The van der Waals surface area contributed by atoms with Crippen molar-refractivity contribution >= 4 is 17.6 Å². The number of amides is 1. The molecule has 130 valence electrons. The van der Waals surface area contributed by atoms with E-state index in [1.807, 2.05) is 41.3 Å². The number of carbonyl (C=O) groups excluding carboxylic acids is 1. The molecule has 1 aliphatic heterocycles. The Morgan fingerprint density at radius 1 is 1.20 bits per heavy atom. The zero-order chi connectivity index (χ0) is 17.6. The van der Waals surface area contributed by atoms with E-state index in [1.54, 1.807) is 7.11 Å². The van der Waals surface area contributed by atoms with Crippen LogP contribution in [0, 0.1) is 0 Å². The number of methoxy groups -OCH3 is 1. The molecule has 0 unspecified atom stereocenters. The molecule has 2 aromatic rings. The monoisotopic (exact) mass is 338 g/mol. The van der Waals surface area contributed by atoms with Crippen molar-refractivity contribution in [1.29, 1.82) is 0 Å². The first-order chi connectivity index (χ1) is 12.2. The van der Waals surface area contributed by atoms with Gasteiger partial charge in [0.2, 0.25) is 5.91 Å². The number of para-hydroxylation sites is 2. The molecule has 0 saturated carbocycles. The fraction of sp³-hybridized carbons (Fsp3) is 0.263. The van der Waals surface area contributed by atoms with Crippen LogP contribution in [0.25, 0.3) is 0 Å². The topological polar surface area (TPSA) is 80.0 Å². The maximum absolute atomic E-state index is 12.4. The molecular formula is C19H22N4O2. The number of hydrogen-bond donors (Lipinski definition) is 2. The Morgan fingerprint density at radius 2 is 1.92 bits per heavy atom. The molecule has 6 nitrogen and oxygen atoms in total. The quantitative estimate of drug-likeness (QED) is 0.660. The summed E-state index contributed by atoms with van der Waals surface area (Å²) in [6, 6.07) is 15.6. The highest BCUT2D eigenvalue weighted by atomic mass is 16.5. The van der Waals surface area contributed by atoms with E-state index in [0.29, 0.717) is 24.5 Å². The lowest BCUT2D eigenvalue weighted by molar-refractivity contribution is -0.130. The van der Waals surface area contributed by atoms with Gasteiger partial charge in [0, 0.05) is 13.1 Å². The minimum absolute atomic E-state index is 0.0240. The third-order valence-electron chi connectivity index (χ3n) is 4.24. The molecule has 3 rings (SSSR count). The lowest BCUT2D eigenvalue weighted by Gasteiger charge is -2.28. The number of carbonyl (C=O) groups is 1. The van der Waals surface area contributed by atoms with E-state index in [0.717, 1.165) is 6.42 Å². The van der Waals surface area contributed by atoms with Crippen LogP contribution in [0.3, 0.4) is 0 Å². The number of nitrogens with one attached hydrogen (secondary N) is 1. The fourth-order valence-electron chi connectivity index (χ4n) is 2.89. The van der Waals surface area contributed by atoms with Crippen LogP contribution in [-0.4, -0.2) is 37.0 Å². The molecule has 0 aliphatic carbocycles. The van der Waals surface area contributed by atoms with Gasteiger partial charge < -0.3 is 20.7 Å². The van der Waals surface area contributed by atoms with Crippen molar-refractivity contribution < 1.29 is 9.53 Å². The predicted octanol–water partition coefficient (Wildman–Crippen LogP) is 2.01. The maximum Gasteiger partial charge on any atom is 0.244 e. The van der Waals surface area contributed by atoms with Gasteiger partial charge in [-0.2, -0.15) is 0 Å². The number of hydrogen-bond acceptors (Lipinski definition) is 3. The second kappa shape index (κ2) is 7.70. The molecule has 2 aromatic carbocycles. The van der Waals surface area contributed by atoms with Crippen LogP contribution in [0.1, 0.15) is 11.1 Å². The van der Waals surface area contributed by atoms with Crippen molar-refractivity contribution in [2.45, 2.75) is 13.0 Å². The molecule has 0 aromatic heterocycles. The van der Waals surface area contributed by atoms with Crippen LogP contribution >= 0.6 is 0 Å². The standard InChI is InChI=1S/C19H22N4O2/c1-25-17-9-5-4-8-16(17)22-19(20)21-12-18(24)23-11-10-14-6-2-3-7-15(14)13-23/h2-9H,10-13H2,1H3,(H3,20,21,22). The number of guanidine groups is 1. The average Bonchev–Trinajstić information content (AvgIpc) is 2.66. The lowest BCUT2D eigenvalue weighted by Crippen LogP contribution is -2.38. The second-order valence-corrected chi connectivity index (χ2v) is 5.86. The van der Waals surface area contributed by atoms with Gasteiger partial charge in [-0.3, -0.25) is 4.79 Å². The Kier molecular flexibility index (Phi) is 5.18. The van der Waals surface area contributed by atoms with Crippen molar-refractivity contribution in [3.63, 3.8) is 0 Å². The van der Waals surface area contributed by atoms with Crippen LogP contribution in [0.2, 0.25) is 0 Å². The zero-order valence-electron chi connectivity index (χ0n) is 14.2. The summed E-state index contributed by atoms with van der Waals surface area (Å²) in [6.07, 6.45) is 0.876. The Bertz CT molecular complexity index is 788. The Hall–Kier alpha value is -3.02. The molecule has 1 heterocycles. The third-order valence-corrected chi connectivity index (χ3v) is 4.24. The van der Waals surface area contributed by atoms with Gasteiger partial charge in [-0.05, 0) is 29.7 Å². The summed E-state index contributed by atoms with van der Waals surface area (Å²) < 4.78 is 5.25. The summed E-state index contributed by atoms with van der Waals surface area (Å²) in [5, 5.41) is 2.97. The molecular weight excluding hydrogens is 316 g/mol. The molecule has 0 atom stereocenters. The van der Waals surface area contributed by atoms with Crippen LogP contribution < -0.4 is 15.8 Å². The van der Waals surface area contributed by atoms with E-state index < -0.39 is 0 Å². The van der Waals surface area contributed by atoms with E-state index in [2.05, 4.69) is 22.4 Å². The highest BCUT2D eigenvalue weighted by Crippen LogP contribution is 2.22. The highest BCUT2D eigenvalue weighted by Gasteiger charge is 2.19. The van der Waals surface area contributed by atoms with Gasteiger partial charge in [-0.15, -0.1) is 0 Å². The molecule has 3 N–H and O–H groups in total. The van der Waals surface area contributed by atoms with Gasteiger partial charge >= 0.3 is 0 Å². The fourth-order valence-corrected chi connectivity index (χ4v) is 2.89. The van der Waals surface area contributed by atoms with Gasteiger partial charge in [-0.1, -0.05) is 36.4 Å². The number of anilines is 1. The van der Waals surface area contributed by atoms with Crippen LogP contribution in [0.15, 0.2) is 53.5 Å². The minimum atomic E-state index is -0.0284. The number of aliphatic imine (C=N–C) groups is 1. The minimum Gasteiger partial charge on any atom is -0.495 e. The molecule has 1 amide bonds. The summed E-state index contributed by atoms with van der Waals surface area (Å²) in [4.78, 5) is 18.4. The largest absolute Gasteiger partial charge is 0.495 e. The summed E-state index contributed by atoms with van der Waals surface area (Å²) >= 11 is 0. The SMILES string of the molecule is COc1ccccc1NC(N)=NCC(=O)N1CCc2ccccc2C1. The van der Waals surface area contributed by atoms with E-state index in [4.69, 9.17) is 10.5 Å². The van der Waals surface area contributed by atoms with E-state index in [1.165, 1.54) is 11.1 Å². The number of rotatable bonds is 4. The molecule has 0 bridgehead atoms. The molecule has 0 spiro atoms. The van der Waals surface area contributed by atoms with Crippen molar-refractivity contribution in [2.75, 3.05) is 25.5 Å². The number of ether oxygens (including phenoxy) is 1. The maximum atomic E-state index is 12.4. The van der Waals surface area contributed by atoms with Gasteiger partial charge in [0.15, 0.2) is 5.96 Å². The number of benzene rings is 2. The summed E-state index contributed by atoms with van der Waals surface area (Å²) in [6.45, 7) is 1.37. The first kappa shape index (κ1) is 16.8. The van der Waals surface area contributed by atoms with Crippen molar-refractivity contribution in [2.24, 2.45) is 10.7 Å². The van der Waals surface area contributed by atoms with Crippen LogP contribution in [0.4, 0.5) is 5.69 Å². The second-order valence-electron chi connectivity index (χ2n) is 5.86. The molecule has 25 heavy (non-hydrogen) atoms. The summed E-state index contributed by atoms with van der Waals surface area (Å²) in [5.41, 5.74) is 9.12. The van der Waals surface area contributed by atoms with Crippen LogP contribution in [-0.2, 0) is 17.8 Å². The average molecular weight is 338 g/mol. The Labute approximate surface area is 147 Å². The molecule has 1 aliphatic rings. The molecule has 0 fully saturated rings. The van der Waals surface area contributed by atoms with Gasteiger partial charge in [0.1, 0.15) is 12.3 Å². The van der Waals surface area contributed by atoms with Crippen molar-refractivity contribution in [3.05, 3.63) is 59.7 Å². The lowest BCUT2D eigenvalue weighted by atomic mass is 10.00. The number of nitrogens with zero attached hydrogens (tertiary/aromatic N) is 2. The van der Waals surface area contributed by atoms with Crippen molar-refractivity contribution in [1.82, 2.24) is 4.90 Å². The normalized spacial score (nSPS) is 14.0. The number of nitrogens with two attached hydrogens (primary N) is 1. The summed E-state index contributed by atoms with van der Waals surface area (Å²) in [5.74, 6) is 0.828. The smallest absolute Gasteiger partial charge is 0.244 e. The third kappa shape index (κ3) is 4.09. The molecule has 0 saturated heterocycles. The van der Waals surface area contributed by atoms with Gasteiger partial charge in [0.25, 0.3) is 0 Å². The van der Waals surface area contributed by atoms with Crippen LogP contribution in [0.5, 0.6) is 5.75 Å². The van der Waals surface area contributed by atoms with E-state index >= 15 is 0 Å². The van der Waals surface area contributed by atoms with Crippen molar-refractivity contribution in [3.8, 4) is 5.75 Å². The number of fused-ring (bicyclic) bond motifs is 1. The summed E-state index contributed by atoms with van der Waals surface area (Å²) in [7, 11) is 1.59. The molecule has 0 radical (unpaired) electrons. The Balaban J connectivity index is 1.59.